The predicted octanol–water partition coefficient (Wildman–Crippen LogP) is 3.64. The maximum Gasteiger partial charge on any atom is 0.322 e. The molecule has 2 amide bonds. The van der Waals surface area contributed by atoms with Gasteiger partial charge in [0.05, 0.1) is 23.1 Å². The van der Waals surface area contributed by atoms with E-state index in [1.54, 1.807) is 11.8 Å². The van der Waals surface area contributed by atoms with Crippen molar-refractivity contribution in [3.05, 3.63) is 59.2 Å². The smallest absolute Gasteiger partial charge is 0.322 e. The number of hydrogen-bond donors (Lipinski definition) is 1. The topological polar surface area (TPSA) is 48.5 Å². The lowest BCUT2D eigenvalue weighted by atomic mass is 9.91. The number of carbonyl (C=O) groups is 1. The monoisotopic (exact) mass is 370 g/mol. The van der Waals surface area contributed by atoms with E-state index in [2.05, 4.69) is 15.2 Å². The van der Waals surface area contributed by atoms with Crippen molar-refractivity contribution in [1.29, 1.82) is 0 Å². The Balaban J connectivity index is 1.79. The number of rotatable bonds is 4. The minimum absolute atomic E-state index is 0.0538. The zero-order valence-corrected chi connectivity index (χ0v) is 16.6. The van der Waals surface area contributed by atoms with E-state index in [9.17, 15) is 9.18 Å². The van der Waals surface area contributed by atoms with Gasteiger partial charge in [-0.05, 0) is 26.6 Å². The molecule has 0 saturated heterocycles. The summed E-state index contributed by atoms with van der Waals surface area (Å²) in [6.45, 7) is 6.63. The molecule has 0 fully saturated rings. The molecule has 0 saturated carbocycles. The van der Waals surface area contributed by atoms with Crippen molar-refractivity contribution in [2.24, 2.45) is 0 Å². The molecule has 1 aliphatic rings. The van der Waals surface area contributed by atoms with Crippen molar-refractivity contribution < 1.29 is 9.18 Å². The Morgan fingerprint density at radius 3 is 2.63 bits per heavy atom. The van der Waals surface area contributed by atoms with Gasteiger partial charge in [-0.3, -0.25) is 9.88 Å². The van der Waals surface area contributed by atoms with Crippen molar-refractivity contribution >= 4 is 11.7 Å². The molecule has 2 heterocycles. The molecular formula is C21H27FN4O. The Hall–Kier alpha value is -2.47. The number of pyridine rings is 1. The lowest BCUT2D eigenvalue weighted by Crippen LogP contribution is -2.44. The lowest BCUT2D eigenvalue weighted by Gasteiger charge is -2.27. The van der Waals surface area contributed by atoms with Gasteiger partial charge >= 0.3 is 6.03 Å². The Bertz CT molecular complexity index is 836. The molecule has 27 heavy (non-hydrogen) atoms. The van der Waals surface area contributed by atoms with Gasteiger partial charge in [0.1, 0.15) is 5.82 Å². The maximum atomic E-state index is 14.1. The van der Waals surface area contributed by atoms with Crippen LogP contribution >= 0.6 is 0 Å². The average Bonchev–Trinajstić information content (AvgIpc) is 2.87. The van der Waals surface area contributed by atoms with Crippen LogP contribution in [0.15, 0.2) is 36.4 Å². The van der Waals surface area contributed by atoms with Crippen LogP contribution in [0.3, 0.4) is 0 Å². The molecule has 1 aromatic heterocycles. The third kappa shape index (κ3) is 3.81. The molecule has 0 spiro atoms. The number of nitrogens with zero attached hydrogens (tertiary/aromatic N) is 3. The molecule has 144 valence electrons. The number of hydrogen-bond acceptors (Lipinski definition) is 3. The normalized spacial score (nSPS) is 16.3. The van der Waals surface area contributed by atoms with Gasteiger partial charge in [0, 0.05) is 24.6 Å². The number of amides is 2. The van der Waals surface area contributed by atoms with E-state index in [0.29, 0.717) is 24.5 Å². The zero-order chi connectivity index (χ0) is 19.8. The van der Waals surface area contributed by atoms with Crippen LogP contribution < -0.4 is 10.2 Å². The predicted molar refractivity (Wildman–Crippen MR) is 106 cm³/mol. The molecule has 0 bridgehead atoms. The second kappa shape index (κ2) is 7.27. The van der Waals surface area contributed by atoms with Crippen molar-refractivity contribution in [2.75, 3.05) is 32.1 Å². The van der Waals surface area contributed by atoms with Crippen molar-refractivity contribution in [3.8, 4) is 0 Å². The van der Waals surface area contributed by atoms with Gasteiger partial charge in [0.15, 0.2) is 0 Å². The van der Waals surface area contributed by atoms with Gasteiger partial charge in [-0.1, -0.05) is 44.2 Å². The van der Waals surface area contributed by atoms with Crippen molar-refractivity contribution in [1.82, 2.24) is 15.2 Å². The van der Waals surface area contributed by atoms with Crippen LogP contribution in [0.4, 0.5) is 14.9 Å². The summed E-state index contributed by atoms with van der Waals surface area (Å²) in [5.74, 6) is -0.389. The molecule has 1 N–H and O–H groups in total. The first-order valence-corrected chi connectivity index (χ1v) is 9.15. The van der Waals surface area contributed by atoms with E-state index >= 15 is 0 Å². The van der Waals surface area contributed by atoms with Crippen molar-refractivity contribution in [2.45, 2.75) is 32.2 Å². The molecule has 6 heteroatoms. The third-order valence-corrected chi connectivity index (χ3v) is 5.12. The number of halogens is 1. The first kappa shape index (κ1) is 19.3. The highest BCUT2D eigenvalue weighted by Gasteiger charge is 2.40. The summed E-state index contributed by atoms with van der Waals surface area (Å²) in [5.41, 5.74) is 2.51. The number of aryl methyl sites for hydroxylation is 1. The lowest BCUT2D eigenvalue weighted by molar-refractivity contribution is 0.237. The third-order valence-electron chi connectivity index (χ3n) is 5.12. The number of urea groups is 1. The quantitative estimate of drug-likeness (QED) is 0.894. The number of nitrogens with one attached hydrogen (secondary N) is 1. The first-order valence-electron chi connectivity index (χ1n) is 9.15. The second-order valence-electron chi connectivity index (χ2n) is 7.97. The number of aromatic nitrogens is 1. The number of likely N-dealkylation sites (N-methyl/N-ethyl adjacent to an activating group) is 1. The number of benzene rings is 1. The van der Waals surface area contributed by atoms with Crippen molar-refractivity contribution in [3.63, 3.8) is 0 Å². The molecule has 0 aliphatic carbocycles. The summed E-state index contributed by atoms with van der Waals surface area (Å²) in [5, 5.41) is 3.01. The Kier molecular flexibility index (Phi) is 5.20. The molecule has 1 unspecified atom stereocenters. The van der Waals surface area contributed by atoms with Gasteiger partial charge in [0.25, 0.3) is 0 Å². The fraction of sp³-hybridized carbons (Fsp3) is 0.429. The molecular weight excluding hydrogens is 343 g/mol. The highest BCUT2D eigenvalue weighted by atomic mass is 19.1. The van der Waals surface area contributed by atoms with Crippen LogP contribution in [0.25, 0.3) is 0 Å². The molecule has 1 atom stereocenters. The van der Waals surface area contributed by atoms with Gasteiger partial charge in [0.2, 0.25) is 0 Å². The first-order chi connectivity index (χ1) is 12.7. The fourth-order valence-electron chi connectivity index (χ4n) is 3.56. The molecule has 1 aromatic carbocycles. The fourth-order valence-corrected chi connectivity index (χ4v) is 3.56. The van der Waals surface area contributed by atoms with Gasteiger partial charge in [-0.15, -0.1) is 0 Å². The SMILES string of the molecule is Cc1nc2c(cc1F)N(C(=O)NCC(c1ccccc1)N(C)C)CC2(C)C. The molecule has 1 aliphatic heterocycles. The largest absolute Gasteiger partial charge is 0.336 e. The summed E-state index contributed by atoms with van der Waals surface area (Å²) in [4.78, 5) is 21.0. The molecule has 3 rings (SSSR count). The standard InChI is InChI=1S/C21H27FN4O/c1-14-16(22)11-17-19(24-14)21(2,3)13-26(17)20(27)23-12-18(25(4)5)15-9-7-6-8-10-15/h6-11,18H,12-13H2,1-5H3,(H,23,27). The van der Waals surface area contributed by atoms with E-state index in [-0.39, 0.29) is 23.3 Å². The highest BCUT2D eigenvalue weighted by molar-refractivity contribution is 5.94. The Morgan fingerprint density at radius 1 is 1.33 bits per heavy atom. The minimum atomic E-state index is -0.389. The van der Waals surface area contributed by atoms with Crippen LogP contribution in [0, 0.1) is 12.7 Å². The van der Waals surface area contributed by atoms with E-state index in [1.807, 2.05) is 58.3 Å². The summed E-state index contributed by atoms with van der Waals surface area (Å²) in [6, 6.07) is 11.3. The summed E-state index contributed by atoms with van der Waals surface area (Å²) < 4.78 is 14.1. The summed E-state index contributed by atoms with van der Waals surface area (Å²) in [6.07, 6.45) is 0. The van der Waals surface area contributed by atoms with Crippen LogP contribution in [-0.2, 0) is 5.41 Å². The molecule has 0 radical (unpaired) electrons. The summed E-state index contributed by atoms with van der Waals surface area (Å²) in [7, 11) is 3.97. The Labute approximate surface area is 160 Å². The number of fused-ring (bicyclic) bond motifs is 1. The number of carbonyl (C=O) groups excluding carboxylic acids is 1. The van der Waals surface area contributed by atoms with E-state index < -0.39 is 0 Å². The highest BCUT2D eigenvalue weighted by Crippen LogP contribution is 2.39. The summed E-state index contributed by atoms with van der Waals surface area (Å²) >= 11 is 0. The minimum Gasteiger partial charge on any atom is -0.336 e. The van der Waals surface area contributed by atoms with Gasteiger partial charge < -0.3 is 10.2 Å². The second-order valence-corrected chi connectivity index (χ2v) is 7.97. The van der Waals surface area contributed by atoms with E-state index in [4.69, 9.17) is 0 Å². The molecule has 2 aromatic rings. The van der Waals surface area contributed by atoms with Gasteiger partial charge in [-0.25, -0.2) is 9.18 Å². The van der Waals surface area contributed by atoms with E-state index in [1.165, 1.54) is 6.07 Å². The van der Waals surface area contributed by atoms with E-state index in [0.717, 1.165) is 11.3 Å². The zero-order valence-electron chi connectivity index (χ0n) is 16.6. The van der Waals surface area contributed by atoms with Crippen LogP contribution in [0.5, 0.6) is 0 Å². The van der Waals surface area contributed by atoms with Crippen LogP contribution in [0.2, 0.25) is 0 Å². The van der Waals surface area contributed by atoms with Gasteiger partial charge in [-0.2, -0.15) is 0 Å². The van der Waals surface area contributed by atoms with Crippen LogP contribution in [-0.4, -0.2) is 43.1 Å². The van der Waals surface area contributed by atoms with Crippen LogP contribution in [0.1, 0.15) is 36.8 Å². The molecule has 5 nitrogen and oxygen atoms in total. The maximum absolute atomic E-state index is 14.1. The Morgan fingerprint density at radius 2 is 2.00 bits per heavy atom. The number of anilines is 1. The average molecular weight is 370 g/mol.